The predicted octanol–water partition coefficient (Wildman–Crippen LogP) is 1.55. The highest BCUT2D eigenvalue weighted by atomic mass is 16.4. The number of piperazine rings is 1. The van der Waals surface area contributed by atoms with Gasteiger partial charge in [0.1, 0.15) is 0 Å². The Hall–Kier alpha value is -1.88. The first-order valence-corrected chi connectivity index (χ1v) is 7.82. The van der Waals surface area contributed by atoms with Gasteiger partial charge in [0.15, 0.2) is 0 Å². The Kier molecular flexibility index (Phi) is 5.95. The summed E-state index contributed by atoms with van der Waals surface area (Å²) < 4.78 is 0. The van der Waals surface area contributed by atoms with Crippen LogP contribution in [0, 0.1) is 6.92 Å². The van der Waals surface area contributed by atoms with Gasteiger partial charge in [-0.15, -0.1) is 0 Å². The average molecular weight is 304 g/mol. The second kappa shape index (κ2) is 7.94. The molecule has 1 N–H and O–H groups in total. The molecule has 0 aliphatic carbocycles. The molecule has 2 rings (SSSR count). The summed E-state index contributed by atoms with van der Waals surface area (Å²) in [6.45, 7) is 5.56. The quantitative estimate of drug-likeness (QED) is 0.866. The molecule has 1 aliphatic rings. The smallest absolute Gasteiger partial charge is 0.304 e. The normalized spacial score (nSPS) is 15.8. The minimum absolute atomic E-state index is 0.168. The van der Waals surface area contributed by atoms with Crippen LogP contribution in [0.1, 0.15) is 24.0 Å². The summed E-state index contributed by atoms with van der Waals surface area (Å²) >= 11 is 0. The summed E-state index contributed by atoms with van der Waals surface area (Å²) in [6, 6.07) is 8.29. The fourth-order valence-corrected chi connectivity index (χ4v) is 2.64. The Morgan fingerprint density at radius 3 is 2.27 bits per heavy atom. The van der Waals surface area contributed by atoms with Crippen LogP contribution in [-0.2, 0) is 16.0 Å². The summed E-state index contributed by atoms with van der Waals surface area (Å²) in [7, 11) is 0. The van der Waals surface area contributed by atoms with Gasteiger partial charge in [-0.2, -0.15) is 0 Å². The fourth-order valence-electron chi connectivity index (χ4n) is 2.64. The molecule has 1 amide bonds. The molecule has 1 fully saturated rings. The molecule has 1 aromatic carbocycles. The maximum absolute atomic E-state index is 12.2. The molecule has 5 heteroatoms. The van der Waals surface area contributed by atoms with Crippen molar-refractivity contribution in [2.24, 2.45) is 0 Å². The van der Waals surface area contributed by atoms with Gasteiger partial charge in [-0.25, -0.2) is 0 Å². The van der Waals surface area contributed by atoms with Crippen LogP contribution in [0.25, 0.3) is 0 Å². The third-order valence-corrected chi connectivity index (χ3v) is 4.12. The van der Waals surface area contributed by atoms with E-state index in [2.05, 4.69) is 36.1 Å². The lowest BCUT2D eigenvalue weighted by Gasteiger charge is -2.34. The number of rotatable bonds is 6. The molecule has 1 saturated heterocycles. The molecule has 5 nitrogen and oxygen atoms in total. The lowest BCUT2D eigenvalue weighted by Crippen LogP contribution is -2.49. The number of hydrogen-bond acceptors (Lipinski definition) is 3. The molecule has 22 heavy (non-hydrogen) atoms. The van der Waals surface area contributed by atoms with E-state index in [1.807, 2.05) is 4.90 Å². The minimum Gasteiger partial charge on any atom is -0.481 e. The van der Waals surface area contributed by atoms with Gasteiger partial charge < -0.3 is 10.0 Å². The highest BCUT2D eigenvalue weighted by Crippen LogP contribution is 2.09. The van der Waals surface area contributed by atoms with Gasteiger partial charge in [0.2, 0.25) is 5.91 Å². The largest absolute Gasteiger partial charge is 0.481 e. The summed E-state index contributed by atoms with van der Waals surface area (Å²) in [4.78, 5) is 26.8. The Morgan fingerprint density at radius 2 is 1.68 bits per heavy atom. The summed E-state index contributed by atoms with van der Waals surface area (Å²) in [5.74, 6) is -0.574. The van der Waals surface area contributed by atoms with Crippen molar-refractivity contribution in [3.8, 4) is 0 Å². The number of hydrogen-bond donors (Lipinski definition) is 1. The molecular formula is C17H24N2O3. The van der Waals surface area contributed by atoms with E-state index in [-0.39, 0.29) is 12.3 Å². The molecule has 1 heterocycles. The molecule has 0 bridgehead atoms. The zero-order valence-electron chi connectivity index (χ0n) is 13.1. The van der Waals surface area contributed by atoms with Gasteiger partial charge in [0.25, 0.3) is 0 Å². The molecule has 0 unspecified atom stereocenters. The summed E-state index contributed by atoms with van der Waals surface area (Å²) in [5.41, 5.74) is 2.42. The van der Waals surface area contributed by atoms with Gasteiger partial charge in [0, 0.05) is 39.1 Å². The van der Waals surface area contributed by atoms with Crippen molar-refractivity contribution in [1.82, 2.24) is 9.80 Å². The lowest BCUT2D eigenvalue weighted by atomic mass is 10.1. The van der Waals surface area contributed by atoms with Crippen LogP contribution in [0.4, 0.5) is 0 Å². The SMILES string of the molecule is Cc1ccc(CCC(=O)N2CCN(CCC(=O)O)CC2)cc1. The van der Waals surface area contributed by atoms with E-state index in [1.165, 1.54) is 11.1 Å². The van der Waals surface area contributed by atoms with E-state index in [4.69, 9.17) is 5.11 Å². The number of benzene rings is 1. The van der Waals surface area contributed by atoms with Crippen molar-refractivity contribution in [1.29, 1.82) is 0 Å². The number of aryl methyl sites for hydroxylation is 2. The van der Waals surface area contributed by atoms with E-state index >= 15 is 0 Å². The Bertz CT molecular complexity index is 505. The molecule has 0 atom stereocenters. The lowest BCUT2D eigenvalue weighted by molar-refractivity contribution is -0.138. The van der Waals surface area contributed by atoms with Crippen LogP contribution < -0.4 is 0 Å². The zero-order chi connectivity index (χ0) is 15.9. The highest BCUT2D eigenvalue weighted by molar-refractivity contribution is 5.76. The topological polar surface area (TPSA) is 60.9 Å². The first-order valence-electron chi connectivity index (χ1n) is 7.82. The van der Waals surface area contributed by atoms with Crippen molar-refractivity contribution in [2.75, 3.05) is 32.7 Å². The fraction of sp³-hybridized carbons (Fsp3) is 0.529. The summed E-state index contributed by atoms with van der Waals surface area (Å²) in [5, 5.41) is 8.69. The van der Waals surface area contributed by atoms with Crippen LogP contribution in [0.3, 0.4) is 0 Å². The number of carboxylic acid groups (broad SMARTS) is 1. The minimum atomic E-state index is -0.767. The number of carbonyl (C=O) groups excluding carboxylic acids is 1. The second-order valence-electron chi connectivity index (χ2n) is 5.85. The Balaban J connectivity index is 1.70. The maximum atomic E-state index is 12.2. The van der Waals surface area contributed by atoms with Crippen LogP contribution in [0.2, 0.25) is 0 Å². The standard InChI is InChI=1S/C17H24N2O3/c1-14-2-4-15(5-3-14)6-7-16(20)19-12-10-18(11-13-19)9-8-17(21)22/h2-5H,6-13H2,1H3,(H,21,22). The highest BCUT2D eigenvalue weighted by Gasteiger charge is 2.20. The average Bonchev–Trinajstić information content (AvgIpc) is 2.52. The van der Waals surface area contributed by atoms with E-state index in [9.17, 15) is 9.59 Å². The van der Waals surface area contributed by atoms with Crippen LogP contribution in [0.5, 0.6) is 0 Å². The molecule has 0 saturated carbocycles. The summed E-state index contributed by atoms with van der Waals surface area (Å²) in [6.07, 6.45) is 1.48. The number of aliphatic carboxylic acids is 1. The molecule has 0 spiro atoms. The monoisotopic (exact) mass is 304 g/mol. The number of carbonyl (C=O) groups is 2. The molecule has 120 valence electrons. The molecular weight excluding hydrogens is 280 g/mol. The van der Waals surface area contributed by atoms with E-state index in [1.54, 1.807) is 0 Å². The first-order chi connectivity index (χ1) is 10.5. The van der Waals surface area contributed by atoms with Gasteiger partial charge in [-0.3, -0.25) is 14.5 Å². The number of nitrogens with zero attached hydrogens (tertiary/aromatic N) is 2. The van der Waals surface area contributed by atoms with Gasteiger partial charge in [-0.1, -0.05) is 29.8 Å². The van der Waals surface area contributed by atoms with Gasteiger partial charge >= 0.3 is 5.97 Å². The van der Waals surface area contributed by atoms with Crippen molar-refractivity contribution < 1.29 is 14.7 Å². The van der Waals surface area contributed by atoms with E-state index in [0.717, 1.165) is 19.5 Å². The predicted molar refractivity (Wildman–Crippen MR) is 84.8 cm³/mol. The molecule has 0 aromatic heterocycles. The first kappa shape index (κ1) is 16.5. The van der Waals surface area contributed by atoms with Crippen molar-refractivity contribution in [3.63, 3.8) is 0 Å². The third-order valence-electron chi connectivity index (χ3n) is 4.12. The zero-order valence-corrected chi connectivity index (χ0v) is 13.1. The number of carboxylic acids is 1. The molecule has 1 aromatic rings. The number of amides is 1. The second-order valence-corrected chi connectivity index (χ2v) is 5.85. The molecule has 1 aliphatic heterocycles. The maximum Gasteiger partial charge on any atom is 0.304 e. The molecule has 0 radical (unpaired) electrons. The van der Waals surface area contributed by atoms with Gasteiger partial charge in [-0.05, 0) is 18.9 Å². The van der Waals surface area contributed by atoms with Crippen molar-refractivity contribution in [2.45, 2.75) is 26.2 Å². The third kappa shape index (κ3) is 5.15. The van der Waals surface area contributed by atoms with Gasteiger partial charge in [0.05, 0.1) is 6.42 Å². The van der Waals surface area contributed by atoms with Crippen LogP contribution in [-0.4, -0.2) is 59.5 Å². The Labute approximate surface area is 131 Å². The van der Waals surface area contributed by atoms with E-state index in [0.29, 0.717) is 26.1 Å². The van der Waals surface area contributed by atoms with Crippen molar-refractivity contribution >= 4 is 11.9 Å². The van der Waals surface area contributed by atoms with Crippen LogP contribution in [0.15, 0.2) is 24.3 Å². The Morgan fingerprint density at radius 1 is 1.05 bits per heavy atom. The van der Waals surface area contributed by atoms with E-state index < -0.39 is 5.97 Å². The van der Waals surface area contributed by atoms with Crippen LogP contribution >= 0.6 is 0 Å². The van der Waals surface area contributed by atoms with Crippen molar-refractivity contribution in [3.05, 3.63) is 35.4 Å².